The third kappa shape index (κ3) is 2.00. The summed E-state index contributed by atoms with van der Waals surface area (Å²) >= 11 is 1.96. The van der Waals surface area contributed by atoms with Crippen LogP contribution in [-0.4, -0.2) is 12.7 Å². The maximum absolute atomic E-state index is 12.3. The highest BCUT2D eigenvalue weighted by Crippen LogP contribution is 2.41. The Morgan fingerprint density at radius 1 is 1.35 bits per heavy atom. The Morgan fingerprint density at radius 2 is 2.10 bits per heavy atom. The molecule has 0 radical (unpaired) electrons. The molecule has 0 amide bonds. The lowest BCUT2D eigenvalue weighted by Crippen LogP contribution is -2.27. The zero-order valence-electron chi connectivity index (χ0n) is 11.3. The van der Waals surface area contributed by atoms with Gasteiger partial charge in [0, 0.05) is 6.07 Å². The summed E-state index contributed by atoms with van der Waals surface area (Å²) in [5, 5.41) is 0.450. The molecule has 4 nitrogen and oxygen atoms in total. The topological polar surface area (TPSA) is 48.7 Å². The van der Waals surface area contributed by atoms with Crippen LogP contribution in [0.3, 0.4) is 0 Å². The second kappa shape index (κ2) is 4.51. The van der Waals surface area contributed by atoms with E-state index < -0.39 is 5.60 Å². The SMILES string of the molecule is COc1c2c(cc3occ(I)c(=O)c13)OC(C)(C)C=C2. The summed E-state index contributed by atoms with van der Waals surface area (Å²) < 4.78 is 17.4. The lowest BCUT2D eigenvalue weighted by atomic mass is 10.00. The molecule has 5 heteroatoms. The molecular formula is C15H13IO4. The Hall–Kier alpha value is -1.50. The fraction of sp³-hybridized carbons (Fsp3) is 0.267. The number of rotatable bonds is 1. The van der Waals surface area contributed by atoms with Crippen molar-refractivity contribution in [1.82, 2.24) is 0 Å². The molecule has 0 saturated heterocycles. The lowest BCUT2D eigenvalue weighted by Gasteiger charge is -2.28. The second-order valence-electron chi connectivity index (χ2n) is 5.15. The highest BCUT2D eigenvalue weighted by molar-refractivity contribution is 14.1. The number of hydrogen-bond acceptors (Lipinski definition) is 4. The molecule has 1 aromatic heterocycles. The Kier molecular flexibility index (Phi) is 3.04. The molecule has 1 aromatic carbocycles. The van der Waals surface area contributed by atoms with Gasteiger partial charge in [0.25, 0.3) is 0 Å². The molecule has 104 valence electrons. The molecule has 0 fully saturated rings. The van der Waals surface area contributed by atoms with Gasteiger partial charge in [0.05, 0.1) is 16.2 Å². The van der Waals surface area contributed by atoms with Crippen LogP contribution in [0.5, 0.6) is 11.5 Å². The van der Waals surface area contributed by atoms with E-state index in [9.17, 15) is 4.79 Å². The van der Waals surface area contributed by atoms with E-state index in [-0.39, 0.29) is 5.43 Å². The molecule has 0 atom stereocenters. The first-order valence-corrected chi connectivity index (χ1v) is 7.21. The maximum Gasteiger partial charge on any atom is 0.209 e. The summed E-state index contributed by atoms with van der Waals surface area (Å²) in [6, 6.07) is 1.75. The fourth-order valence-corrected chi connectivity index (χ4v) is 2.68. The standard InChI is InChI=1S/C15H13IO4/c1-15(2)5-4-8-10(20-15)6-11-12(14(8)18-3)13(17)9(16)7-19-11/h4-7H,1-3H3. The number of ether oxygens (including phenoxy) is 2. The molecule has 1 aliphatic heterocycles. The van der Waals surface area contributed by atoms with Gasteiger partial charge in [-0.25, -0.2) is 0 Å². The third-order valence-electron chi connectivity index (χ3n) is 3.21. The van der Waals surface area contributed by atoms with Gasteiger partial charge in [-0.15, -0.1) is 0 Å². The van der Waals surface area contributed by atoms with Crippen molar-refractivity contribution in [1.29, 1.82) is 0 Å². The predicted octanol–water partition coefficient (Wildman–Crippen LogP) is 3.59. The lowest BCUT2D eigenvalue weighted by molar-refractivity contribution is 0.158. The molecule has 2 heterocycles. The van der Waals surface area contributed by atoms with Crippen molar-refractivity contribution in [3.05, 3.63) is 37.8 Å². The van der Waals surface area contributed by atoms with Crippen LogP contribution in [-0.2, 0) is 0 Å². The Labute approximate surface area is 129 Å². The zero-order valence-corrected chi connectivity index (χ0v) is 13.5. The van der Waals surface area contributed by atoms with Gasteiger partial charge < -0.3 is 13.9 Å². The molecule has 20 heavy (non-hydrogen) atoms. The summed E-state index contributed by atoms with van der Waals surface area (Å²) in [7, 11) is 1.54. The van der Waals surface area contributed by atoms with Crippen molar-refractivity contribution in [2.75, 3.05) is 7.11 Å². The minimum Gasteiger partial charge on any atom is -0.495 e. The third-order valence-corrected chi connectivity index (χ3v) is 3.95. The molecular weight excluding hydrogens is 371 g/mol. The fourth-order valence-electron chi connectivity index (χ4n) is 2.28. The summed E-state index contributed by atoms with van der Waals surface area (Å²) in [6.45, 7) is 3.93. The Morgan fingerprint density at radius 3 is 2.80 bits per heavy atom. The molecule has 2 aromatic rings. The normalized spacial score (nSPS) is 15.8. The van der Waals surface area contributed by atoms with Crippen molar-refractivity contribution in [3.8, 4) is 11.5 Å². The van der Waals surface area contributed by atoms with Crippen molar-refractivity contribution < 1.29 is 13.9 Å². The van der Waals surface area contributed by atoms with E-state index in [1.165, 1.54) is 6.26 Å². The van der Waals surface area contributed by atoms with E-state index in [1.54, 1.807) is 13.2 Å². The Bertz CT molecular complexity index is 787. The first kappa shape index (κ1) is 13.5. The molecule has 0 aliphatic carbocycles. The minimum absolute atomic E-state index is 0.0928. The largest absolute Gasteiger partial charge is 0.495 e. The monoisotopic (exact) mass is 384 g/mol. The van der Waals surface area contributed by atoms with Crippen molar-refractivity contribution in [3.63, 3.8) is 0 Å². The van der Waals surface area contributed by atoms with Crippen LogP contribution in [0.2, 0.25) is 0 Å². The predicted molar refractivity (Wildman–Crippen MR) is 85.5 cm³/mol. The van der Waals surface area contributed by atoms with Gasteiger partial charge in [-0.1, -0.05) is 0 Å². The number of hydrogen-bond donors (Lipinski definition) is 0. The molecule has 3 rings (SSSR count). The summed E-state index contributed by atoms with van der Waals surface area (Å²) in [6.07, 6.45) is 5.32. The maximum atomic E-state index is 12.3. The highest BCUT2D eigenvalue weighted by atomic mass is 127. The van der Waals surface area contributed by atoms with Gasteiger partial charge >= 0.3 is 0 Å². The van der Waals surface area contributed by atoms with Crippen LogP contribution >= 0.6 is 22.6 Å². The summed E-state index contributed by atoms with van der Waals surface area (Å²) in [4.78, 5) is 12.3. The zero-order chi connectivity index (χ0) is 14.5. The van der Waals surface area contributed by atoms with Crippen LogP contribution in [0, 0.1) is 3.57 Å². The molecule has 0 unspecified atom stereocenters. The average molecular weight is 384 g/mol. The number of methoxy groups -OCH3 is 1. The van der Waals surface area contributed by atoms with Gasteiger partial charge in [0.15, 0.2) is 0 Å². The Balaban J connectivity index is 2.42. The highest BCUT2D eigenvalue weighted by Gasteiger charge is 2.26. The van der Waals surface area contributed by atoms with E-state index in [2.05, 4.69) is 0 Å². The molecule has 0 bridgehead atoms. The first-order valence-electron chi connectivity index (χ1n) is 6.13. The first-order chi connectivity index (χ1) is 9.43. The van der Waals surface area contributed by atoms with Crippen LogP contribution < -0.4 is 14.9 Å². The quantitative estimate of drug-likeness (QED) is 0.706. The van der Waals surface area contributed by atoms with Gasteiger partial charge in [0.2, 0.25) is 5.43 Å². The average Bonchev–Trinajstić information content (AvgIpc) is 2.39. The molecule has 0 N–H and O–H groups in total. The number of fused-ring (bicyclic) bond motifs is 2. The molecule has 0 saturated carbocycles. The van der Waals surface area contributed by atoms with E-state index >= 15 is 0 Å². The number of halogens is 1. The van der Waals surface area contributed by atoms with Gasteiger partial charge in [0.1, 0.15) is 34.3 Å². The van der Waals surface area contributed by atoms with Crippen LogP contribution in [0.15, 0.2) is 27.6 Å². The smallest absolute Gasteiger partial charge is 0.209 e. The van der Waals surface area contributed by atoms with E-state index in [4.69, 9.17) is 13.9 Å². The van der Waals surface area contributed by atoms with Crippen molar-refractivity contribution >= 4 is 39.6 Å². The van der Waals surface area contributed by atoms with E-state index in [1.807, 2.05) is 48.6 Å². The molecule has 1 aliphatic rings. The van der Waals surface area contributed by atoms with Crippen molar-refractivity contribution in [2.45, 2.75) is 19.4 Å². The second-order valence-corrected chi connectivity index (χ2v) is 6.31. The van der Waals surface area contributed by atoms with Gasteiger partial charge in [-0.2, -0.15) is 0 Å². The molecule has 0 spiro atoms. The number of benzene rings is 1. The van der Waals surface area contributed by atoms with Crippen LogP contribution in [0.1, 0.15) is 19.4 Å². The van der Waals surface area contributed by atoms with E-state index in [0.717, 1.165) is 5.56 Å². The minimum atomic E-state index is -0.394. The van der Waals surface area contributed by atoms with Gasteiger partial charge in [-0.05, 0) is 48.6 Å². The summed E-state index contributed by atoms with van der Waals surface area (Å²) in [5.74, 6) is 1.16. The van der Waals surface area contributed by atoms with Crippen LogP contribution in [0.4, 0.5) is 0 Å². The van der Waals surface area contributed by atoms with Crippen molar-refractivity contribution in [2.24, 2.45) is 0 Å². The van der Waals surface area contributed by atoms with Crippen LogP contribution in [0.25, 0.3) is 17.0 Å². The van der Waals surface area contributed by atoms with E-state index in [0.29, 0.717) is 26.0 Å². The van der Waals surface area contributed by atoms with Gasteiger partial charge in [-0.3, -0.25) is 4.79 Å². The summed E-state index contributed by atoms with van der Waals surface area (Å²) in [5.41, 5.74) is 0.755.